The predicted molar refractivity (Wildman–Crippen MR) is 66.8 cm³/mol. The maximum absolute atomic E-state index is 7.51. The van der Waals surface area contributed by atoms with Crippen LogP contribution in [0.25, 0.3) is 0 Å². The Morgan fingerprint density at radius 3 is 2.73 bits per heavy atom. The lowest BCUT2D eigenvalue weighted by atomic mass is 10.1. The van der Waals surface area contributed by atoms with Gasteiger partial charge in [-0.1, -0.05) is 11.6 Å². The third kappa shape index (κ3) is 2.26. The van der Waals surface area contributed by atoms with Crippen molar-refractivity contribution in [2.75, 3.05) is 5.32 Å². The van der Waals surface area contributed by atoms with Crippen LogP contribution >= 0.6 is 27.5 Å². The number of nitrogen functional groups attached to an aromatic ring is 1. The van der Waals surface area contributed by atoms with Gasteiger partial charge in [-0.25, -0.2) is 0 Å². The Hall–Kier alpha value is -0.740. The van der Waals surface area contributed by atoms with Gasteiger partial charge in [-0.05, 0) is 40.9 Å². The molecule has 0 bridgehead atoms. The van der Waals surface area contributed by atoms with E-state index in [1.807, 2.05) is 6.07 Å². The molecule has 0 heterocycles. The summed E-state index contributed by atoms with van der Waals surface area (Å²) in [5.74, 6) is -0.00977. The summed E-state index contributed by atoms with van der Waals surface area (Å²) in [7, 11) is 0. The summed E-state index contributed by atoms with van der Waals surface area (Å²) in [6, 6.07) is 4.10. The van der Waals surface area contributed by atoms with Crippen molar-refractivity contribution in [1.82, 2.24) is 0 Å². The third-order valence-corrected chi connectivity index (χ3v) is 3.27. The van der Waals surface area contributed by atoms with E-state index in [0.29, 0.717) is 16.6 Å². The zero-order valence-electron chi connectivity index (χ0n) is 7.98. The number of hydrogen-bond donors (Lipinski definition) is 3. The Bertz CT molecular complexity index is 415. The zero-order chi connectivity index (χ0) is 11.0. The second-order valence-corrected chi connectivity index (χ2v) is 4.87. The molecular weight excluding hydrogens is 277 g/mol. The van der Waals surface area contributed by atoms with Gasteiger partial charge in [0.1, 0.15) is 5.84 Å². The Balaban J connectivity index is 2.46. The molecule has 1 aliphatic rings. The Morgan fingerprint density at radius 1 is 1.53 bits per heavy atom. The molecule has 2 rings (SSSR count). The van der Waals surface area contributed by atoms with Crippen LogP contribution in [0.5, 0.6) is 0 Å². The van der Waals surface area contributed by atoms with Crippen LogP contribution in [0, 0.1) is 5.41 Å². The average molecular weight is 289 g/mol. The molecule has 80 valence electrons. The van der Waals surface area contributed by atoms with Crippen LogP contribution in [0.15, 0.2) is 16.6 Å². The standard InChI is InChI=1S/C10H11BrClN3/c11-6-3-4-7(12)8(10(13)14)9(6)15-5-1-2-5/h3-5,15H,1-2H2,(H3,13,14). The van der Waals surface area contributed by atoms with Gasteiger partial charge in [-0.3, -0.25) is 5.41 Å². The monoisotopic (exact) mass is 287 g/mol. The average Bonchev–Trinajstić information content (AvgIpc) is 2.94. The SMILES string of the molecule is N=C(N)c1c(Cl)ccc(Br)c1NC1CC1. The van der Waals surface area contributed by atoms with Crippen molar-refractivity contribution in [2.45, 2.75) is 18.9 Å². The number of halogens is 2. The van der Waals surface area contributed by atoms with E-state index in [1.165, 1.54) is 0 Å². The van der Waals surface area contributed by atoms with Gasteiger partial charge in [0.05, 0.1) is 16.3 Å². The van der Waals surface area contributed by atoms with Crippen LogP contribution in [-0.2, 0) is 0 Å². The van der Waals surface area contributed by atoms with Crippen molar-refractivity contribution in [3.05, 3.63) is 27.2 Å². The number of anilines is 1. The highest BCUT2D eigenvalue weighted by atomic mass is 79.9. The molecule has 1 aromatic carbocycles. The first-order valence-corrected chi connectivity index (χ1v) is 5.85. The topological polar surface area (TPSA) is 61.9 Å². The van der Waals surface area contributed by atoms with Gasteiger partial charge in [-0.15, -0.1) is 0 Å². The minimum Gasteiger partial charge on any atom is -0.384 e. The van der Waals surface area contributed by atoms with Gasteiger partial charge in [0.25, 0.3) is 0 Å². The quantitative estimate of drug-likeness (QED) is 0.591. The summed E-state index contributed by atoms with van der Waals surface area (Å²) < 4.78 is 0.893. The predicted octanol–water partition coefficient (Wildman–Crippen LogP) is 2.96. The molecule has 0 atom stereocenters. The van der Waals surface area contributed by atoms with Crippen molar-refractivity contribution >= 4 is 39.1 Å². The summed E-state index contributed by atoms with van der Waals surface area (Å²) in [6.45, 7) is 0. The lowest BCUT2D eigenvalue weighted by Crippen LogP contribution is -2.16. The van der Waals surface area contributed by atoms with E-state index < -0.39 is 0 Å². The molecule has 0 saturated heterocycles. The highest BCUT2D eigenvalue weighted by Crippen LogP contribution is 2.35. The molecule has 1 fully saturated rings. The van der Waals surface area contributed by atoms with Gasteiger partial charge in [0, 0.05) is 10.5 Å². The van der Waals surface area contributed by atoms with Crippen molar-refractivity contribution in [3.8, 4) is 0 Å². The second kappa shape index (κ2) is 4.02. The Kier molecular flexibility index (Phi) is 2.89. The fraction of sp³-hybridized carbons (Fsp3) is 0.300. The molecule has 0 amide bonds. The molecule has 0 spiro atoms. The number of amidine groups is 1. The molecular formula is C10H11BrClN3. The van der Waals surface area contributed by atoms with Gasteiger partial charge in [0.2, 0.25) is 0 Å². The molecule has 3 nitrogen and oxygen atoms in total. The maximum atomic E-state index is 7.51. The van der Waals surface area contributed by atoms with Crippen LogP contribution in [-0.4, -0.2) is 11.9 Å². The van der Waals surface area contributed by atoms with Crippen LogP contribution in [0.1, 0.15) is 18.4 Å². The lowest BCUT2D eigenvalue weighted by molar-refractivity contribution is 1.15. The first-order chi connectivity index (χ1) is 7.09. The second-order valence-electron chi connectivity index (χ2n) is 3.61. The zero-order valence-corrected chi connectivity index (χ0v) is 10.3. The summed E-state index contributed by atoms with van der Waals surface area (Å²) in [6.07, 6.45) is 2.33. The fourth-order valence-corrected chi connectivity index (χ4v) is 2.09. The van der Waals surface area contributed by atoms with Gasteiger partial charge >= 0.3 is 0 Å². The normalized spacial score (nSPS) is 15.1. The molecule has 1 aliphatic carbocycles. The molecule has 1 saturated carbocycles. The number of nitrogens with two attached hydrogens (primary N) is 1. The molecule has 0 radical (unpaired) electrons. The highest BCUT2D eigenvalue weighted by Gasteiger charge is 2.24. The molecule has 0 aromatic heterocycles. The summed E-state index contributed by atoms with van der Waals surface area (Å²) in [5, 5.41) is 11.3. The smallest absolute Gasteiger partial charge is 0.126 e. The van der Waals surface area contributed by atoms with Crippen LogP contribution < -0.4 is 11.1 Å². The number of nitrogens with one attached hydrogen (secondary N) is 2. The van der Waals surface area contributed by atoms with Crippen molar-refractivity contribution < 1.29 is 0 Å². The van der Waals surface area contributed by atoms with Crippen molar-refractivity contribution in [1.29, 1.82) is 5.41 Å². The first kappa shape index (κ1) is 10.8. The summed E-state index contributed by atoms with van der Waals surface area (Å²) in [5.41, 5.74) is 6.93. The fourth-order valence-electron chi connectivity index (χ4n) is 1.39. The van der Waals surface area contributed by atoms with E-state index in [9.17, 15) is 0 Å². The maximum Gasteiger partial charge on any atom is 0.126 e. The Morgan fingerprint density at radius 2 is 2.20 bits per heavy atom. The van der Waals surface area contributed by atoms with E-state index in [2.05, 4.69) is 21.2 Å². The molecule has 4 N–H and O–H groups in total. The number of hydrogen-bond acceptors (Lipinski definition) is 2. The first-order valence-electron chi connectivity index (χ1n) is 4.68. The number of rotatable bonds is 3. The van der Waals surface area contributed by atoms with Gasteiger partial charge < -0.3 is 11.1 Å². The van der Waals surface area contributed by atoms with Crippen LogP contribution in [0.4, 0.5) is 5.69 Å². The molecule has 5 heteroatoms. The molecule has 1 aromatic rings. The summed E-state index contributed by atoms with van der Waals surface area (Å²) in [4.78, 5) is 0. The van der Waals surface area contributed by atoms with Crippen molar-refractivity contribution in [2.24, 2.45) is 5.73 Å². The number of benzene rings is 1. The van der Waals surface area contributed by atoms with E-state index >= 15 is 0 Å². The van der Waals surface area contributed by atoms with Crippen LogP contribution in [0.3, 0.4) is 0 Å². The van der Waals surface area contributed by atoms with Gasteiger partial charge in [-0.2, -0.15) is 0 Å². The Labute approximate surface area is 102 Å². The molecule has 0 unspecified atom stereocenters. The van der Waals surface area contributed by atoms with Crippen LogP contribution in [0.2, 0.25) is 5.02 Å². The molecule has 15 heavy (non-hydrogen) atoms. The van der Waals surface area contributed by atoms with E-state index in [4.69, 9.17) is 22.7 Å². The minimum absolute atomic E-state index is 0.00977. The minimum atomic E-state index is -0.00977. The van der Waals surface area contributed by atoms with Gasteiger partial charge in [0.15, 0.2) is 0 Å². The van der Waals surface area contributed by atoms with Crippen molar-refractivity contribution in [3.63, 3.8) is 0 Å². The third-order valence-electron chi connectivity index (χ3n) is 2.30. The molecule has 0 aliphatic heterocycles. The largest absolute Gasteiger partial charge is 0.384 e. The van der Waals surface area contributed by atoms with E-state index in [-0.39, 0.29) is 5.84 Å². The lowest BCUT2D eigenvalue weighted by Gasteiger charge is -2.13. The highest BCUT2D eigenvalue weighted by molar-refractivity contribution is 9.10. The van der Waals surface area contributed by atoms with E-state index in [0.717, 1.165) is 23.0 Å². The summed E-state index contributed by atoms with van der Waals surface area (Å²) >= 11 is 9.45. The van der Waals surface area contributed by atoms with E-state index in [1.54, 1.807) is 6.07 Å².